The van der Waals surface area contributed by atoms with Crippen LogP contribution in [0.5, 0.6) is 0 Å². The molecule has 0 aliphatic carbocycles. The summed E-state index contributed by atoms with van der Waals surface area (Å²) in [6, 6.07) is 0.696. The van der Waals surface area contributed by atoms with Crippen molar-refractivity contribution in [1.82, 2.24) is 4.90 Å². The van der Waals surface area contributed by atoms with Crippen LogP contribution in [-0.2, 0) is 13.6 Å². The van der Waals surface area contributed by atoms with E-state index in [2.05, 4.69) is 4.90 Å². The first kappa shape index (κ1) is 16.8. The number of piperidine rings is 2. The topological polar surface area (TPSA) is 38.8 Å². The zero-order valence-electron chi connectivity index (χ0n) is 12.8. The predicted octanol–water partition coefficient (Wildman–Crippen LogP) is 4.17. The van der Waals surface area contributed by atoms with Gasteiger partial charge in [-0.3, -0.25) is 0 Å². The van der Waals surface area contributed by atoms with Crippen LogP contribution in [0.15, 0.2) is 0 Å². The molecule has 2 aliphatic rings. The SMILES string of the molecule is CCOP(=O)(OCC)SC[C@H]1CCCN2CCCCC12. The molecule has 0 saturated carbocycles. The summed E-state index contributed by atoms with van der Waals surface area (Å²) in [4.78, 5) is 2.64. The maximum atomic E-state index is 12.5. The minimum atomic E-state index is -2.94. The summed E-state index contributed by atoms with van der Waals surface area (Å²) in [7, 11) is 0. The monoisotopic (exact) mass is 321 g/mol. The van der Waals surface area contributed by atoms with Crippen molar-refractivity contribution in [3.63, 3.8) is 0 Å². The molecule has 2 saturated heterocycles. The van der Waals surface area contributed by atoms with Gasteiger partial charge in [0.1, 0.15) is 0 Å². The van der Waals surface area contributed by atoms with Crippen molar-refractivity contribution in [3.05, 3.63) is 0 Å². The Kier molecular flexibility index (Phi) is 6.89. The largest absolute Gasteiger partial charge is 0.389 e. The molecule has 2 fully saturated rings. The minimum Gasteiger partial charge on any atom is -0.301 e. The molecule has 4 nitrogen and oxygen atoms in total. The quantitative estimate of drug-likeness (QED) is 0.658. The van der Waals surface area contributed by atoms with Gasteiger partial charge in [-0.05, 0) is 69.9 Å². The van der Waals surface area contributed by atoms with Gasteiger partial charge in [-0.1, -0.05) is 6.42 Å². The van der Waals surface area contributed by atoms with E-state index in [-0.39, 0.29) is 0 Å². The summed E-state index contributed by atoms with van der Waals surface area (Å²) < 4.78 is 23.3. The number of hydrogen-bond donors (Lipinski definition) is 0. The van der Waals surface area contributed by atoms with Crippen LogP contribution in [0.3, 0.4) is 0 Å². The summed E-state index contributed by atoms with van der Waals surface area (Å²) in [5.74, 6) is 1.54. The molecule has 2 aliphatic heterocycles. The van der Waals surface area contributed by atoms with Gasteiger partial charge in [0.2, 0.25) is 0 Å². The average molecular weight is 321 g/mol. The molecule has 0 bridgehead atoms. The van der Waals surface area contributed by atoms with Gasteiger partial charge in [-0.15, -0.1) is 0 Å². The number of rotatable bonds is 7. The standard InChI is InChI=1S/C14H28NO3PS/c1-3-17-19(16,18-4-2)20-12-13-8-7-11-15-10-6-5-9-14(13)15/h13-14H,3-12H2,1-2H3/t13-,14?/m1/s1. The second-order valence-corrected chi connectivity index (χ2v) is 9.70. The molecule has 0 aromatic carbocycles. The first-order chi connectivity index (χ1) is 9.68. The van der Waals surface area contributed by atoms with Gasteiger partial charge in [0.25, 0.3) is 0 Å². The Labute approximate surface area is 127 Å². The van der Waals surface area contributed by atoms with Crippen LogP contribution < -0.4 is 0 Å². The zero-order valence-corrected chi connectivity index (χ0v) is 14.5. The summed E-state index contributed by atoms with van der Waals surface area (Å²) in [5.41, 5.74) is 0. The smallest absolute Gasteiger partial charge is 0.301 e. The van der Waals surface area contributed by atoms with Crippen LogP contribution in [-0.4, -0.2) is 43.0 Å². The van der Waals surface area contributed by atoms with Crippen LogP contribution in [0.2, 0.25) is 0 Å². The molecular weight excluding hydrogens is 293 g/mol. The Hall–Kier alpha value is 0.460. The highest BCUT2D eigenvalue weighted by molar-refractivity contribution is 8.55. The molecule has 0 aromatic heterocycles. The molecule has 2 rings (SSSR count). The van der Waals surface area contributed by atoms with E-state index in [4.69, 9.17) is 9.05 Å². The average Bonchev–Trinajstić information content (AvgIpc) is 2.46. The van der Waals surface area contributed by atoms with E-state index in [1.54, 1.807) is 0 Å². The lowest BCUT2D eigenvalue weighted by Crippen LogP contribution is -2.48. The van der Waals surface area contributed by atoms with Crippen molar-refractivity contribution >= 4 is 18.2 Å². The van der Waals surface area contributed by atoms with Crippen molar-refractivity contribution in [2.45, 2.75) is 52.0 Å². The molecule has 2 heterocycles. The Balaban J connectivity index is 1.89. The first-order valence-corrected chi connectivity index (χ1v) is 11.1. The molecule has 6 heteroatoms. The highest BCUT2D eigenvalue weighted by atomic mass is 32.7. The van der Waals surface area contributed by atoms with E-state index in [0.717, 1.165) is 5.75 Å². The van der Waals surface area contributed by atoms with Crippen LogP contribution >= 0.6 is 18.2 Å². The van der Waals surface area contributed by atoms with Crippen LogP contribution in [0.25, 0.3) is 0 Å². The van der Waals surface area contributed by atoms with Gasteiger partial charge >= 0.3 is 6.80 Å². The maximum Gasteiger partial charge on any atom is 0.389 e. The Morgan fingerprint density at radius 3 is 2.50 bits per heavy atom. The van der Waals surface area contributed by atoms with E-state index in [9.17, 15) is 4.57 Å². The lowest BCUT2D eigenvalue weighted by Gasteiger charge is -2.44. The molecule has 1 unspecified atom stereocenters. The normalized spacial score (nSPS) is 28.3. The van der Waals surface area contributed by atoms with E-state index in [1.165, 1.54) is 56.6 Å². The lowest BCUT2D eigenvalue weighted by atomic mass is 9.85. The molecule has 20 heavy (non-hydrogen) atoms. The van der Waals surface area contributed by atoms with Gasteiger partial charge in [0.15, 0.2) is 0 Å². The van der Waals surface area contributed by atoms with Gasteiger partial charge in [0, 0.05) is 11.8 Å². The van der Waals surface area contributed by atoms with Crippen molar-refractivity contribution in [2.24, 2.45) is 5.92 Å². The number of fused-ring (bicyclic) bond motifs is 1. The van der Waals surface area contributed by atoms with Crippen LogP contribution in [0.4, 0.5) is 0 Å². The predicted molar refractivity (Wildman–Crippen MR) is 85.3 cm³/mol. The molecule has 0 amide bonds. The van der Waals surface area contributed by atoms with Crippen molar-refractivity contribution in [2.75, 3.05) is 32.1 Å². The van der Waals surface area contributed by atoms with Gasteiger partial charge in [0.05, 0.1) is 13.2 Å². The fourth-order valence-electron chi connectivity index (χ4n) is 3.39. The highest BCUT2D eigenvalue weighted by Crippen LogP contribution is 2.61. The summed E-state index contributed by atoms with van der Waals surface area (Å²) in [6.45, 7) is 4.21. The Morgan fingerprint density at radius 2 is 1.80 bits per heavy atom. The number of hydrogen-bond acceptors (Lipinski definition) is 5. The molecule has 0 N–H and O–H groups in total. The van der Waals surface area contributed by atoms with E-state index in [1.807, 2.05) is 13.8 Å². The Morgan fingerprint density at radius 1 is 1.10 bits per heavy atom. The third-order valence-corrected chi connectivity index (χ3v) is 8.32. The van der Waals surface area contributed by atoms with Crippen LogP contribution in [0.1, 0.15) is 46.0 Å². The van der Waals surface area contributed by atoms with Crippen molar-refractivity contribution in [3.8, 4) is 0 Å². The molecular formula is C14H28NO3PS. The molecule has 0 spiro atoms. The van der Waals surface area contributed by atoms with Crippen molar-refractivity contribution in [1.29, 1.82) is 0 Å². The second kappa shape index (κ2) is 8.19. The van der Waals surface area contributed by atoms with E-state index < -0.39 is 6.80 Å². The van der Waals surface area contributed by atoms with Gasteiger partial charge in [-0.25, -0.2) is 4.57 Å². The minimum absolute atomic E-state index is 0.449. The molecule has 2 atom stereocenters. The fourth-order valence-corrected chi connectivity index (χ4v) is 7.21. The third kappa shape index (κ3) is 4.48. The van der Waals surface area contributed by atoms with Crippen molar-refractivity contribution < 1.29 is 13.6 Å². The zero-order chi connectivity index (χ0) is 14.4. The highest BCUT2D eigenvalue weighted by Gasteiger charge is 2.35. The molecule has 0 radical (unpaired) electrons. The lowest BCUT2D eigenvalue weighted by molar-refractivity contribution is 0.0693. The van der Waals surface area contributed by atoms with Gasteiger partial charge < -0.3 is 13.9 Å². The Bertz CT molecular complexity index is 330. The molecule has 0 aromatic rings. The van der Waals surface area contributed by atoms with E-state index >= 15 is 0 Å². The summed E-state index contributed by atoms with van der Waals surface area (Å²) in [5, 5.41) is 0. The maximum absolute atomic E-state index is 12.5. The summed E-state index contributed by atoms with van der Waals surface area (Å²) in [6.07, 6.45) is 6.52. The third-order valence-electron chi connectivity index (χ3n) is 4.25. The van der Waals surface area contributed by atoms with Crippen LogP contribution in [0, 0.1) is 5.92 Å². The van der Waals surface area contributed by atoms with Gasteiger partial charge in [-0.2, -0.15) is 0 Å². The summed E-state index contributed by atoms with van der Waals surface area (Å²) >= 11 is 1.42. The second-order valence-electron chi connectivity index (χ2n) is 5.58. The molecule has 118 valence electrons. The van der Waals surface area contributed by atoms with E-state index in [0.29, 0.717) is 25.2 Å². The number of nitrogens with zero attached hydrogens (tertiary/aromatic N) is 1. The first-order valence-electron chi connectivity index (χ1n) is 7.96. The fraction of sp³-hybridized carbons (Fsp3) is 1.00.